The second kappa shape index (κ2) is 7.73. The van der Waals surface area contributed by atoms with Gasteiger partial charge in [0.1, 0.15) is 15.9 Å². The minimum atomic E-state index is -1.21. The summed E-state index contributed by atoms with van der Waals surface area (Å²) in [5, 5.41) is 10.1. The van der Waals surface area contributed by atoms with Crippen LogP contribution in [0, 0.1) is 0 Å². The van der Waals surface area contributed by atoms with E-state index < -0.39 is 11.4 Å². The standard InChI is InChI=1S/C20H22N4O3S/c1-2-23-13-15(19(26)27)17(25)16-18(23)28-20(21-16)24-10-8-22(9-11-24)12-14-6-4-3-5-7-14/h3-7,13H,2,8-12H2,1H3,(H,26,27). The average Bonchev–Trinajstić information content (AvgIpc) is 3.15. The molecule has 0 radical (unpaired) electrons. The minimum Gasteiger partial charge on any atom is -0.477 e. The number of hydrogen-bond donors (Lipinski definition) is 1. The number of carbonyl (C=O) groups is 1. The highest BCUT2D eigenvalue weighted by Crippen LogP contribution is 2.28. The predicted molar refractivity (Wildman–Crippen MR) is 110 cm³/mol. The maximum absolute atomic E-state index is 12.5. The van der Waals surface area contributed by atoms with E-state index in [4.69, 9.17) is 0 Å². The van der Waals surface area contributed by atoms with Gasteiger partial charge in [-0.2, -0.15) is 0 Å². The molecule has 28 heavy (non-hydrogen) atoms. The fourth-order valence-corrected chi connectivity index (χ4v) is 4.66. The lowest BCUT2D eigenvalue weighted by molar-refractivity contribution is 0.0695. The summed E-state index contributed by atoms with van der Waals surface area (Å²) < 4.78 is 1.80. The highest BCUT2D eigenvalue weighted by molar-refractivity contribution is 7.21. The van der Waals surface area contributed by atoms with Crippen molar-refractivity contribution in [2.45, 2.75) is 20.0 Å². The zero-order valence-electron chi connectivity index (χ0n) is 15.7. The van der Waals surface area contributed by atoms with E-state index in [1.807, 2.05) is 13.0 Å². The van der Waals surface area contributed by atoms with Gasteiger partial charge < -0.3 is 14.6 Å². The molecule has 0 atom stereocenters. The highest BCUT2D eigenvalue weighted by Gasteiger charge is 2.23. The number of benzene rings is 1. The van der Waals surface area contributed by atoms with Gasteiger partial charge >= 0.3 is 5.97 Å². The van der Waals surface area contributed by atoms with Gasteiger partial charge in [-0.15, -0.1) is 0 Å². The largest absolute Gasteiger partial charge is 0.477 e. The highest BCUT2D eigenvalue weighted by atomic mass is 32.1. The topological polar surface area (TPSA) is 78.7 Å². The number of fused-ring (bicyclic) bond motifs is 1. The van der Waals surface area contributed by atoms with Crippen molar-refractivity contribution >= 4 is 32.8 Å². The molecular weight excluding hydrogens is 376 g/mol. The Hall–Kier alpha value is -2.71. The molecule has 0 aliphatic carbocycles. The monoisotopic (exact) mass is 398 g/mol. The van der Waals surface area contributed by atoms with Crippen LogP contribution in [-0.2, 0) is 13.1 Å². The van der Waals surface area contributed by atoms with Crippen LogP contribution in [0.25, 0.3) is 10.3 Å². The van der Waals surface area contributed by atoms with Crippen LogP contribution in [0.4, 0.5) is 5.13 Å². The first-order chi connectivity index (χ1) is 13.6. The molecule has 1 N–H and O–H groups in total. The SMILES string of the molecule is CCn1cc(C(=O)O)c(=O)c2nc(N3CCN(Cc4ccccc4)CC3)sc21. The predicted octanol–water partition coefficient (Wildman–Crippen LogP) is 2.50. The third-order valence-corrected chi connectivity index (χ3v) is 6.22. The average molecular weight is 398 g/mol. The van der Waals surface area contributed by atoms with E-state index in [0.717, 1.165) is 42.7 Å². The first-order valence-electron chi connectivity index (χ1n) is 9.35. The minimum absolute atomic E-state index is 0.223. The van der Waals surface area contributed by atoms with Gasteiger partial charge in [0.25, 0.3) is 0 Å². The number of aromatic carboxylic acids is 1. The Labute approximate surface area is 166 Å². The second-order valence-electron chi connectivity index (χ2n) is 6.86. The molecule has 0 amide bonds. The van der Waals surface area contributed by atoms with Gasteiger partial charge in [0.2, 0.25) is 5.43 Å². The van der Waals surface area contributed by atoms with Crippen molar-refractivity contribution in [2.24, 2.45) is 0 Å². The van der Waals surface area contributed by atoms with Gasteiger partial charge in [-0.1, -0.05) is 41.7 Å². The molecule has 0 bridgehead atoms. The Morgan fingerprint density at radius 3 is 2.54 bits per heavy atom. The molecule has 1 saturated heterocycles. The summed E-state index contributed by atoms with van der Waals surface area (Å²) in [6, 6.07) is 10.4. The molecule has 4 rings (SSSR count). The van der Waals surface area contributed by atoms with Gasteiger partial charge in [-0.25, -0.2) is 9.78 Å². The molecule has 146 valence electrons. The van der Waals surface area contributed by atoms with Crippen LogP contribution in [0.3, 0.4) is 0 Å². The third kappa shape index (κ3) is 3.53. The maximum atomic E-state index is 12.5. The fourth-order valence-electron chi connectivity index (χ4n) is 3.51. The fraction of sp³-hybridized carbons (Fsp3) is 0.350. The Morgan fingerprint density at radius 2 is 1.89 bits per heavy atom. The van der Waals surface area contributed by atoms with E-state index in [0.29, 0.717) is 6.54 Å². The smallest absolute Gasteiger partial charge is 0.341 e. The number of thiazole rings is 1. The lowest BCUT2D eigenvalue weighted by atomic mass is 10.2. The molecule has 3 heterocycles. The van der Waals surface area contributed by atoms with E-state index in [-0.39, 0.29) is 11.1 Å². The summed E-state index contributed by atoms with van der Waals surface area (Å²) >= 11 is 1.46. The third-order valence-electron chi connectivity index (χ3n) is 5.07. The molecule has 2 aromatic heterocycles. The van der Waals surface area contributed by atoms with Crippen LogP contribution < -0.4 is 10.3 Å². The molecule has 1 fully saturated rings. The summed E-state index contributed by atoms with van der Waals surface area (Å²) in [5.41, 5.74) is 0.835. The van der Waals surface area contributed by atoms with Crippen LogP contribution in [0.1, 0.15) is 22.8 Å². The van der Waals surface area contributed by atoms with Crippen LogP contribution in [0.15, 0.2) is 41.3 Å². The number of hydrogen-bond acceptors (Lipinski definition) is 6. The number of pyridine rings is 1. The van der Waals surface area contributed by atoms with Crippen molar-refractivity contribution in [3.8, 4) is 0 Å². The Kier molecular flexibility index (Phi) is 5.15. The summed E-state index contributed by atoms with van der Waals surface area (Å²) in [5.74, 6) is -1.21. The molecule has 0 saturated carbocycles. The number of carboxylic acid groups (broad SMARTS) is 1. The molecule has 7 nitrogen and oxygen atoms in total. The number of piperazine rings is 1. The van der Waals surface area contributed by atoms with Crippen molar-refractivity contribution < 1.29 is 9.90 Å². The molecule has 1 aliphatic heterocycles. The van der Waals surface area contributed by atoms with Crippen LogP contribution in [0.2, 0.25) is 0 Å². The zero-order chi connectivity index (χ0) is 19.7. The number of nitrogens with zero attached hydrogens (tertiary/aromatic N) is 4. The molecule has 0 unspecified atom stereocenters. The van der Waals surface area contributed by atoms with Crippen LogP contribution >= 0.6 is 11.3 Å². The number of rotatable bonds is 5. The van der Waals surface area contributed by atoms with Crippen LogP contribution in [-0.4, -0.2) is 51.7 Å². The van der Waals surface area contributed by atoms with Gasteiger partial charge in [-0.05, 0) is 12.5 Å². The molecule has 8 heteroatoms. The molecular formula is C20H22N4O3S. The molecule has 3 aromatic rings. The molecule has 0 spiro atoms. The van der Waals surface area contributed by atoms with Crippen molar-refractivity contribution in [3.63, 3.8) is 0 Å². The first-order valence-corrected chi connectivity index (χ1v) is 10.2. The number of aromatic nitrogens is 2. The number of anilines is 1. The number of aryl methyl sites for hydroxylation is 1. The molecule has 1 aromatic carbocycles. The second-order valence-corrected chi connectivity index (χ2v) is 7.82. The summed E-state index contributed by atoms with van der Waals surface area (Å²) in [6.45, 7) is 6.95. The summed E-state index contributed by atoms with van der Waals surface area (Å²) in [4.78, 5) is 33.7. The maximum Gasteiger partial charge on any atom is 0.341 e. The Balaban J connectivity index is 1.55. The van der Waals surface area contributed by atoms with Gasteiger partial charge in [0, 0.05) is 45.5 Å². The van der Waals surface area contributed by atoms with Gasteiger partial charge in [-0.3, -0.25) is 9.69 Å². The van der Waals surface area contributed by atoms with Crippen molar-refractivity contribution in [2.75, 3.05) is 31.1 Å². The van der Waals surface area contributed by atoms with E-state index in [1.165, 1.54) is 23.1 Å². The zero-order valence-corrected chi connectivity index (χ0v) is 16.5. The summed E-state index contributed by atoms with van der Waals surface area (Å²) in [6.07, 6.45) is 1.42. The van der Waals surface area contributed by atoms with Gasteiger partial charge in [0.05, 0.1) is 0 Å². The van der Waals surface area contributed by atoms with Crippen LogP contribution in [0.5, 0.6) is 0 Å². The van der Waals surface area contributed by atoms with E-state index in [9.17, 15) is 14.7 Å². The first kappa shape index (κ1) is 18.6. The Bertz CT molecular complexity index is 1050. The lowest BCUT2D eigenvalue weighted by Crippen LogP contribution is -2.45. The van der Waals surface area contributed by atoms with Crippen molar-refractivity contribution in [1.29, 1.82) is 0 Å². The quantitative estimate of drug-likeness (QED) is 0.711. The lowest BCUT2D eigenvalue weighted by Gasteiger charge is -2.34. The normalized spacial score (nSPS) is 15.2. The summed E-state index contributed by atoms with van der Waals surface area (Å²) in [7, 11) is 0. The van der Waals surface area contributed by atoms with Crippen molar-refractivity contribution in [1.82, 2.24) is 14.5 Å². The van der Waals surface area contributed by atoms with E-state index >= 15 is 0 Å². The molecule has 1 aliphatic rings. The van der Waals surface area contributed by atoms with Crippen molar-refractivity contribution in [3.05, 3.63) is 57.9 Å². The number of carboxylic acids is 1. The van der Waals surface area contributed by atoms with E-state index in [2.05, 4.69) is 39.0 Å². The van der Waals surface area contributed by atoms with Gasteiger partial charge in [0.15, 0.2) is 5.13 Å². The van der Waals surface area contributed by atoms with E-state index in [1.54, 1.807) is 4.57 Å². The Morgan fingerprint density at radius 1 is 1.18 bits per heavy atom.